The minimum atomic E-state index is 0.0808. The lowest BCUT2D eigenvalue weighted by molar-refractivity contribution is 0.870. The smallest absolute Gasteiger partial charge is 0.0240 e. The molecule has 0 heterocycles. The van der Waals surface area contributed by atoms with Crippen molar-refractivity contribution < 1.29 is 0 Å². The van der Waals surface area contributed by atoms with Gasteiger partial charge in [0.05, 0.1) is 0 Å². The van der Waals surface area contributed by atoms with Crippen LogP contribution >= 0.6 is 7.92 Å². The number of hydrogen-bond donors (Lipinski definition) is 0. The largest absolute Gasteiger partial charge is 0.0985 e. The summed E-state index contributed by atoms with van der Waals surface area (Å²) in [7, 11) is 0.0808. The molecular formula is C16H25P. The first-order valence-corrected chi connectivity index (χ1v) is 8.50. The van der Waals surface area contributed by atoms with Crippen LogP contribution in [0.25, 0.3) is 6.08 Å². The van der Waals surface area contributed by atoms with Gasteiger partial charge in [0.1, 0.15) is 0 Å². The van der Waals surface area contributed by atoms with Gasteiger partial charge in [0.25, 0.3) is 0 Å². The van der Waals surface area contributed by atoms with Gasteiger partial charge in [0.2, 0.25) is 0 Å². The first-order valence-electron chi connectivity index (χ1n) is 6.79. The fourth-order valence-electron chi connectivity index (χ4n) is 1.89. The molecule has 0 aliphatic carbocycles. The minimum Gasteiger partial charge on any atom is -0.0985 e. The Morgan fingerprint density at radius 2 is 1.53 bits per heavy atom. The second-order valence-corrected chi connectivity index (χ2v) is 6.98. The average Bonchev–Trinajstić information content (AvgIpc) is 2.39. The summed E-state index contributed by atoms with van der Waals surface area (Å²) in [6.07, 6.45) is 10.1. The van der Waals surface area contributed by atoms with Crippen molar-refractivity contribution in [1.29, 1.82) is 0 Å². The Balaban J connectivity index is 2.68. The topological polar surface area (TPSA) is 0 Å². The minimum absolute atomic E-state index is 0.0808. The molecule has 0 aromatic heterocycles. The van der Waals surface area contributed by atoms with Gasteiger partial charge < -0.3 is 0 Å². The lowest BCUT2D eigenvalue weighted by Crippen LogP contribution is -2.06. The lowest BCUT2D eigenvalue weighted by atomic mass is 10.2. The van der Waals surface area contributed by atoms with Crippen LogP contribution in [0.4, 0.5) is 0 Å². The third kappa shape index (κ3) is 5.04. The molecule has 0 aliphatic heterocycles. The highest BCUT2D eigenvalue weighted by molar-refractivity contribution is 7.65. The van der Waals surface area contributed by atoms with Crippen molar-refractivity contribution in [2.75, 3.05) is 12.3 Å². The summed E-state index contributed by atoms with van der Waals surface area (Å²) in [6.45, 7) is 8.38. The van der Waals surface area contributed by atoms with Crippen molar-refractivity contribution in [1.82, 2.24) is 0 Å². The third-order valence-corrected chi connectivity index (χ3v) is 5.80. The molecule has 0 spiro atoms. The molecule has 0 bridgehead atoms. The molecule has 0 radical (unpaired) electrons. The monoisotopic (exact) mass is 248 g/mol. The van der Waals surface area contributed by atoms with Crippen molar-refractivity contribution in [3.8, 4) is 0 Å². The first-order chi connectivity index (χ1) is 8.31. The van der Waals surface area contributed by atoms with E-state index in [9.17, 15) is 0 Å². The van der Waals surface area contributed by atoms with E-state index in [0.29, 0.717) is 0 Å². The molecule has 1 rings (SSSR count). The second kappa shape index (κ2) is 8.48. The molecule has 1 aromatic rings. The van der Waals surface area contributed by atoms with E-state index in [4.69, 9.17) is 0 Å². The van der Waals surface area contributed by atoms with E-state index in [-0.39, 0.29) is 7.92 Å². The van der Waals surface area contributed by atoms with Crippen LogP contribution in [0.3, 0.4) is 0 Å². The van der Waals surface area contributed by atoms with Crippen LogP contribution in [0.1, 0.15) is 45.1 Å². The quantitative estimate of drug-likeness (QED) is 0.565. The summed E-state index contributed by atoms with van der Waals surface area (Å²) in [5.41, 5.74) is 1.23. The van der Waals surface area contributed by atoms with Crippen molar-refractivity contribution in [2.24, 2.45) is 0 Å². The zero-order valence-electron chi connectivity index (χ0n) is 11.3. The zero-order valence-corrected chi connectivity index (χ0v) is 12.2. The predicted octanol–water partition coefficient (Wildman–Crippen LogP) is 5.04. The summed E-state index contributed by atoms with van der Waals surface area (Å²) in [5, 5.41) is 1.58. The fraction of sp³-hybridized carbons (Fsp3) is 0.500. The molecule has 1 aromatic carbocycles. The van der Waals surface area contributed by atoms with Crippen LogP contribution in [0, 0.1) is 0 Å². The predicted molar refractivity (Wildman–Crippen MR) is 82.6 cm³/mol. The maximum absolute atomic E-state index is 3.81. The third-order valence-electron chi connectivity index (χ3n) is 3.06. The van der Waals surface area contributed by atoms with Crippen LogP contribution in [-0.2, 0) is 0 Å². The number of rotatable bonds is 8. The van der Waals surface area contributed by atoms with Crippen LogP contribution in [0.15, 0.2) is 30.8 Å². The molecule has 17 heavy (non-hydrogen) atoms. The first kappa shape index (κ1) is 14.5. The van der Waals surface area contributed by atoms with Gasteiger partial charge >= 0.3 is 0 Å². The second-order valence-electron chi connectivity index (χ2n) is 4.49. The van der Waals surface area contributed by atoms with Gasteiger partial charge in [-0.05, 0) is 36.0 Å². The van der Waals surface area contributed by atoms with Gasteiger partial charge in [-0.15, -0.1) is 0 Å². The number of hydrogen-bond acceptors (Lipinski definition) is 0. The van der Waals surface area contributed by atoms with Crippen LogP contribution < -0.4 is 5.30 Å². The van der Waals surface area contributed by atoms with Crippen molar-refractivity contribution in [2.45, 2.75) is 39.5 Å². The van der Waals surface area contributed by atoms with E-state index in [1.807, 2.05) is 6.08 Å². The molecule has 0 N–H and O–H groups in total. The molecule has 0 aliphatic rings. The normalized spacial score (nSPS) is 10.8. The summed E-state index contributed by atoms with van der Waals surface area (Å²) in [5.74, 6) is 0. The van der Waals surface area contributed by atoms with Gasteiger partial charge in [-0.25, -0.2) is 0 Å². The number of benzene rings is 1. The molecule has 0 amide bonds. The highest BCUT2D eigenvalue weighted by atomic mass is 31.1. The van der Waals surface area contributed by atoms with Crippen LogP contribution in [-0.4, -0.2) is 12.3 Å². The van der Waals surface area contributed by atoms with Crippen molar-refractivity contribution in [3.63, 3.8) is 0 Å². The van der Waals surface area contributed by atoms with E-state index in [1.165, 1.54) is 43.6 Å². The average molecular weight is 248 g/mol. The Morgan fingerprint density at radius 1 is 1.00 bits per heavy atom. The molecule has 94 valence electrons. The van der Waals surface area contributed by atoms with E-state index < -0.39 is 0 Å². The zero-order chi connectivity index (χ0) is 12.5. The van der Waals surface area contributed by atoms with Gasteiger partial charge in [0, 0.05) is 0 Å². The fourth-order valence-corrected chi connectivity index (χ4v) is 4.60. The molecule has 0 unspecified atom stereocenters. The lowest BCUT2D eigenvalue weighted by Gasteiger charge is -2.17. The maximum atomic E-state index is 3.81. The molecule has 1 heteroatoms. The van der Waals surface area contributed by atoms with Gasteiger partial charge in [-0.3, -0.25) is 0 Å². The van der Waals surface area contributed by atoms with Crippen LogP contribution in [0.5, 0.6) is 0 Å². The van der Waals surface area contributed by atoms with Crippen LogP contribution in [0.2, 0.25) is 0 Å². The van der Waals surface area contributed by atoms with Gasteiger partial charge in [0.15, 0.2) is 0 Å². The molecule has 0 fully saturated rings. The summed E-state index contributed by atoms with van der Waals surface area (Å²) >= 11 is 0. The highest BCUT2D eigenvalue weighted by Crippen LogP contribution is 2.36. The van der Waals surface area contributed by atoms with Gasteiger partial charge in [-0.2, -0.15) is 0 Å². The summed E-state index contributed by atoms with van der Waals surface area (Å²) < 4.78 is 0. The van der Waals surface area contributed by atoms with E-state index >= 15 is 0 Å². The van der Waals surface area contributed by atoms with E-state index in [0.717, 1.165) is 0 Å². The molecule has 0 saturated heterocycles. The Bertz CT molecular complexity index is 305. The van der Waals surface area contributed by atoms with Gasteiger partial charge in [-0.1, -0.05) is 71.5 Å². The van der Waals surface area contributed by atoms with E-state index in [1.54, 1.807) is 5.30 Å². The molecule has 0 atom stereocenters. The Hall–Kier alpha value is -0.610. The maximum Gasteiger partial charge on any atom is -0.0240 e. The molecular weight excluding hydrogens is 223 g/mol. The Labute approximate surface area is 108 Å². The highest BCUT2D eigenvalue weighted by Gasteiger charge is 2.09. The van der Waals surface area contributed by atoms with Crippen molar-refractivity contribution >= 4 is 19.3 Å². The van der Waals surface area contributed by atoms with Crippen molar-refractivity contribution in [3.05, 3.63) is 36.4 Å². The Kier molecular flexibility index (Phi) is 7.21. The standard InChI is InChI=1S/C16H25P/c1-4-7-13-17(14-8-5-2)16-11-9-15(6-3)10-12-16/h6,9-12H,3-5,7-8,13-14H2,1-2H3. The Morgan fingerprint density at radius 3 is 1.94 bits per heavy atom. The summed E-state index contributed by atoms with van der Waals surface area (Å²) in [6, 6.07) is 9.03. The summed E-state index contributed by atoms with van der Waals surface area (Å²) in [4.78, 5) is 0. The molecule has 0 nitrogen and oxygen atoms in total. The van der Waals surface area contributed by atoms with E-state index in [2.05, 4.69) is 44.7 Å². The number of unbranched alkanes of at least 4 members (excludes halogenated alkanes) is 2. The SMILES string of the molecule is C=Cc1ccc(P(CCCC)CCCC)cc1. The molecule has 0 saturated carbocycles.